The van der Waals surface area contributed by atoms with Crippen LogP contribution in [0.5, 0.6) is 0 Å². The van der Waals surface area contributed by atoms with Crippen molar-refractivity contribution in [2.75, 3.05) is 5.75 Å². The third-order valence-corrected chi connectivity index (χ3v) is 8.77. The summed E-state index contributed by atoms with van der Waals surface area (Å²) in [5.74, 6) is 3.78. The second kappa shape index (κ2) is 9.53. The molecule has 0 amide bonds. The molecule has 0 spiro atoms. The molecule has 0 radical (unpaired) electrons. The molecule has 0 N–H and O–H groups in total. The summed E-state index contributed by atoms with van der Waals surface area (Å²) in [4.78, 5) is 13.0. The average molecular weight is 389 g/mol. The van der Waals surface area contributed by atoms with Gasteiger partial charge in [0.05, 0.1) is 4.08 Å². The zero-order valence-corrected chi connectivity index (χ0v) is 20.6. The summed E-state index contributed by atoms with van der Waals surface area (Å²) in [6.45, 7) is 27.0. The fourth-order valence-electron chi connectivity index (χ4n) is 3.26. The van der Waals surface area contributed by atoms with E-state index in [1.807, 2.05) is 11.8 Å². The molecule has 0 fully saturated rings. The van der Waals surface area contributed by atoms with Crippen molar-refractivity contribution in [1.82, 2.24) is 0 Å². The van der Waals surface area contributed by atoms with Crippen molar-refractivity contribution in [3.63, 3.8) is 0 Å². The first-order chi connectivity index (χ1) is 11.0. The molecule has 0 aromatic carbocycles. The normalized spacial score (nSPS) is 14.2. The van der Waals surface area contributed by atoms with Crippen molar-refractivity contribution in [1.29, 1.82) is 0 Å². The number of thioether (sulfide) groups is 2. The number of carbonyl (C=O) groups excluding carboxylic acids is 1. The van der Waals surface area contributed by atoms with Crippen molar-refractivity contribution in [3.8, 4) is 0 Å². The van der Waals surface area contributed by atoms with Crippen molar-refractivity contribution < 1.29 is 4.79 Å². The van der Waals surface area contributed by atoms with Gasteiger partial charge in [0.1, 0.15) is 0 Å². The molecule has 0 aromatic rings. The molecule has 0 atom stereocenters. The van der Waals surface area contributed by atoms with E-state index >= 15 is 0 Å². The van der Waals surface area contributed by atoms with E-state index < -0.39 is 0 Å². The van der Waals surface area contributed by atoms with E-state index in [2.05, 4.69) is 83.1 Å². The topological polar surface area (TPSA) is 17.1 Å². The van der Waals surface area contributed by atoms with Gasteiger partial charge in [0.25, 0.3) is 0 Å². The average Bonchev–Trinajstić information content (AvgIpc) is 2.35. The van der Waals surface area contributed by atoms with Crippen LogP contribution in [0.4, 0.5) is 0 Å². The minimum absolute atomic E-state index is 0.0711. The monoisotopic (exact) mass is 388 g/mol. The molecule has 0 aliphatic heterocycles. The Kier molecular flexibility index (Phi) is 9.67. The summed E-state index contributed by atoms with van der Waals surface area (Å²) in [5.41, 5.74) is -0.108. The molecule has 3 heteroatoms. The maximum atomic E-state index is 13.0. The number of carbonyl (C=O) groups is 1. The van der Waals surface area contributed by atoms with Crippen LogP contribution in [-0.2, 0) is 4.79 Å². The predicted molar refractivity (Wildman–Crippen MR) is 119 cm³/mol. The summed E-state index contributed by atoms with van der Waals surface area (Å²) in [6.07, 6.45) is 0.935. The van der Waals surface area contributed by atoms with Crippen LogP contribution < -0.4 is 0 Å². The molecule has 0 unspecified atom stereocenters. The molecule has 25 heavy (non-hydrogen) atoms. The number of hydrogen-bond acceptors (Lipinski definition) is 3. The number of rotatable bonds is 10. The van der Waals surface area contributed by atoms with Crippen molar-refractivity contribution in [2.45, 2.75) is 93.6 Å². The van der Waals surface area contributed by atoms with Gasteiger partial charge in [-0.2, -0.15) is 0 Å². The van der Waals surface area contributed by atoms with Gasteiger partial charge in [-0.15, -0.1) is 11.8 Å². The standard InChI is InChI=1S/C22H44OS2/c1-15(2)18(16(3)4)13-24-22(11,12)25-19(23)21(9,10)14-20(7,8)17(5)6/h15-18H,13-14H2,1-12H3. The van der Waals surface area contributed by atoms with Crippen LogP contribution in [0.15, 0.2) is 0 Å². The highest BCUT2D eigenvalue weighted by Gasteiger charge is 2.39. The minimum Gasteiger partial charge on any atom is -0.287 e. The highest BCUT2D eigenvalue weighted by Crippen LogP contribution is 2.47. The summed E-state index contributed by atoms with van der Waals surface area (Å²) < 4.78 is -0.0711. The van der Waals surface area contributed by atoms with Crippen molar-refractivity contribution >= 4 is 28.6 Å². The molecule has 1 nitrogen and oxygen atoms in total. The largest absolute Gasteiger partial charge is 0.287 e. The van der Waals surface area contributed by atoms with E-state index in [4.69, 9.17) is 0 Å². The van der Waals surface area contributed by atoms with Crippen LogP contribution in [-0.4, -0.2) is 14.9 Å². The van der Waals surface area contributed by atoms with Crippen LogP contribution in [0.3, 0.4) is 0 Å². The molecule has 0 aromatic heterocycles. The second-order valence-corrected chi connectivity index (χ2v) is 14.0. The van der Waals surface area contributed by atoms with Crippen LogP contribution >= 0.6 is 23.5 Å². The van der Waals surface area contributed by atoms with E-state index in [9.17, 15) is 4.79 Å². The first kappa shape index (κ1) is 25.4. The summed E-state index contributed by atoms with van der Waals surface area (Å²) in [7, 11) is 0. The van der Waals surface area contributed by atoms with Crippen LogP contribution in [0.25, 0.3) is 0 Å². The van der Waals surface area contributed by atoms with E-state index in [1.165, 1.54) is 0 Å². The zero-order chi connectivity index (χ0) is 20.2. The highest BCUT2D eigenvalue weighted by atomic mass is 32.2. The minimum atomic E-state index is -0.286. The van der Waals surface area contributed by atoms with Crippen LogP contribution in [0.1, 0.15) is 89.5 Å². The van der Waals surface area contributed by atoms with Crippen LogP contribution in [0, 0.1) is 34.5 Å². The van der Waals surface area contributed by atoms with Gasteiger partial charge in [0.15, 0.2) is 5.12 Å². The molecule has 0 aliphatic rings. The Morgan fingerprint density at radius 1 is 0.840 bits per heavy atom. The van der Waals surface area contributed by atoms with E-state index in [-0.39, 0.29) is 14.9 Å². The lowest BCUT2D eigenvalue weighted by Crippen LogP contribution is -2.33. The molecular formula is C22H44OS2. The lowest BCUT2D eigenvalue weighted by Gasteiger charge is -2.38. The molecule has 0 aliphatic carbocycles. The van der Waals surface area contributed by atoms with Gasteiger partial charge in [-0.25, -0.2) is 0 Å². The SMILES string of the molecule is CC(C)C(CSC(C)(C)SC(=O)C(C)(C)CC(C)(C)C(C)C)C(C)C. The summed E-state index contributed by atoms with van der Waals surface area (Å²) in [5, 5.41) is 0.337. The van der Waals surface area contributed by atoms with Gasteiger partial charge in [0.2, 0.25) is 0 Å². The quantitative estimate of drug-likeness (QED) is 0.356. The Hall–Kier alpha value is 0.370. The number of hydrogen-bond donors (Lipinski definition) is 0. The fourth-order valence-corrected chi connectivity index (χ4v) is 6.08. The van der Waals surface area contributed by atoms with Crippen molar-refractivity contribution in [2.24, 2.45) is 34.5 Å². The van der Waals surface area contributed by atoms with E-state index in [0.717, 1.165) is 12.2 Å². The maximum Gasteiger partial charge on any atom is 0.195 e. The smallest absolute Gasteiger partial charge is 0.195 e. The highest BCUT2D eigenvalue weighted by molar-refractivity contribution is 8.25. The molecule has 0 heterocycles. The first-order valence-electron chi connectivity index (χ1n) is 9.89. The predicted octanol–water partition coefficient (Wildman–Crippen LogP) is 7.74. The Bertz CT molecular complexity index is 412. The first-order valence-corrected chi connectivity index (χ1v) is 11.7. The lowest BCUT2D eigenvalue weighted by atomic mass is 9.70. The third kappa shape index (κ3) is 8.73. The van der Waals surface area contributed by atoms with E-state index in [1.54, 1.807) is 11.8 Å². The lowest BCUT2D eigenvalue weighted by molar-refractivity contribution is -0.120. The van der Waals surface area contributed by atoms with Gasteiger partial charge in [-0.3, -0.25) is 4.79 Å². The Morgan fingerprint density at radius 2 is 1.28 bits per heavy atom. The zero-order valence-electron chi connectivity index (χ0n) is 18.9. The molecule has 0 bridgehead atoms. The molecule has 0 rings (SSSR count). The fraction of sp³-hybridized carbons (Fsp3) is 0.955. The molecule has 0 saturated carbocycles. The van der Waals surface area contributed by atoms with E-state index in [0.29, 0.717) is 28.8 Å². The summed E-state index contributed by atoms with van der Waals surface area (Å²) in [6, 6.07) is 0. The Labute approximate surface area is 167 Å². The van der Waals surface area contributed by atoms with Gasteiger partial charge < -0.3 is 0 Å². The third-order valence-electron chi connectivity index (χ3n) is 5.69. The Balaban J connectivity index is 4.90. The Morgan fingerprint density at radius 3 is 1.64 bits per heavy atom. The van der Waals surface area contributed by atoms with Gasteiger partial charge >= 0.3 is 0 Å². The second-order valence-electron chi connectivity index (χ2n) is 10.5. The van der Waals surface area contributed by atoms with Gasteiger partial charge in [-0.1, -0.05) is 81.0 Å². The van der Waals surface area contributed by atoms with Crippen molar-refractivity contribution in [3.05, 3.63) is 0 Å². The molecular weight excluding hydrogens is 344 g/mol. The molecule has 150 valence electrons. The van der Waals surface area contributed by atoms with Gasteiger partial charge in [0, 0.05) is 5.41 Å². The maximum absolute atomic E-state index is 13.0. The summed E-state index contributed by atoms with van der Waals surface area (Å²) >= 11 is 3.51. The molecule has 0 saturated heterocycles. The van der Waals surface area contributed by atoms with Crippen LogP contribution in [0.2, 0.25) is 0 Å². The van der Waals surface area contributed by atoms with Gasteiger partial charge in [-0.05, 0) is 55.1 Å².